The van der Waals surface area contributed by atoms with Crippen molar-refractivity contribution in [2.75, 3.05) is 6.54 Å². The normalized spacial score (nSPS) is 11.2. The molecule has 0 aliphatic carbocycles. The topological polar surface area (TPSA) is 56.7 Å². The van der Waals surface area contributed by atoms with Gasteiger partial charge in [0.1, 0.15) is 5.69 Å². The highest BCUT2D eigenvalue weighted by molar-refractivity contribution is 6.36. The molecule has 0 saturated carbocycles. The van der Waals surface area contributed by atoms with E-state index in [4.69, 9.17) is 28.9 Å². The van der Waals surface area contributed by atoms with Gasteiger partial charge in [-0.15, -0.1) is 0 Å². The summed E-state index contributed by atoms with van der Waals surface area (Å²) < 4.78 is 1.87. The van der Waals surface area contributed by atoms with Crippen LogP contribution in [0.15, 0.2) is 36.7 Å². The van der Waals surface area contributed by atoms with Gasteiger partial charge >= 0.3 is 0 Å². The molecule has 3 aromatic rings. The Bertz CT molecular complexity index is 767. The Kier molecular flexibility index (Phi) is 3.61. The average Bonchev–Trinajstić information content (AvgIpc) is 2.79. The van der Waals surface area contributed by atoms with E-state index in [2.05, 4.69) is 10.1 Å². The van der Waals surface area contributed by atoms with Crippen LogP contribution in [0.3, 0.4) is 0 Å². The molecule has 2 N–H and O–H groups in total. The van der Waals surface area contributed by atoms with Crippen LogP contribution in [0.25, 0.3) is 22.2 Å². The van der Waals surface area contributed by atoms with Crippen LogP contribution in [0, 0.1) is 0 Å². The van der Waals surface area contributed by atoms with Crippen molar-refractivity contribution in [2.45, 2.75) is 6.54 Å². The molecule has 0 atom stereocenters. The van der Waals surface area contributed by atoms with E-state index in [0.29, 0.717) is 23.1 Å². The van der Waals surface area contributed by atoms with Crippen LogP contribution in [0.2, 0.25) is 10.0 Å². The van der Waals surface area contributed by atoms with Crippen LogP contribution < -0.4 is 5.73 Å². The SMILES string of the molecule is NCCn1nc(-c2ccc(Cl)cc2Cl)c2cnccc21. The third-order valence-corrected chi connectivity index (χ3v) is 3.63. The maximum Gasteiger partial charge on any atom is 0.103 e. The summed E-state index contributed by atoms with van der Waals surface area (Å²) >= 11 is 12.2. The number of hydrogen-bond acceptors (Lipinski definition) is 3. The van der Waals surface area contributed by atoms with Crippen molar-refractivity contribution in [1.29, 1.82) is 0 Å². The lowest BCUT2D eigenvalue weighted by Gasteiger charge is -2.02. The third-order valence-electron chi connectivity index (χ3n) is 3.08. The monoisotopic (exact) mass is 306 g/mol. The molecule has 2 heterocycles. The number of benzene rings is 1. The van der Waals surface area contributed by atoms with Crippen molar-refractivity contribution >= 4 is 34.1 Å². The summed E-state index contributed by atoms with van der Waals surface area (Å²) in [5, 5.41) is 6.73. The first-order valence-corrected chi connectivity index (χ1v) is 6.92. The summed E-state index contributed by atoms with van der Waals surface area (Å²) in [4.78, 5) is 4.17. The zero-order valence-corrected chi connectivity index (χ0v) is 12.1. The Morgan fingerprint density at radius 2 is 2.05 bits per heavy atom. The number of nitrogens with zero attached hydrogens (tertiary/aromatic N) is 3. The van der Waals surface area contributed by atoms with Gasteiger partial charge in [0.2, 0.25) is 0 Å². The zero-order valence-electron chi connectivity index (χ0n) is 10.6. The van der Waals surface area contributed by atoms with E-state index >= 15 is 0 Å². The minimum Gasteiger partial charge on any atom is -0.329 e. The van der Waals surface area contributed by atoms with E-state index in [1.54, 1.807) is 24.5 Å². The lowest BCUT2D eigenvalue weighted by Crippen LogP contribution is -2.10. The molecule has 6 heteroatoms. The van der Waals surface area contributed by atoms with Gasteiger partial charge in [-0.05, 0) is 24.3 Å². The Balaban J connectivity index is 2.25. The first-order valence-electron chi connectivity index (χ1n) is 6.16. The lowest BCUT2D eigenvalue weighted by molar-refractivity contribution is 0.648. The van der Waals surface area contributed by atoms with Gasteiger partial charge in [-0.1, -0.05) is 23.2 Å². The molecule has 0 radical (unpaired) electrons. The smallest absolute Gasteiger partial charge is 0.103 e. The molecule has 0 fully saturated rings. The van der Waals surface area contributed by atoms with Crippen molar-refractivity contribution in [3.05, 3.63) is 46.7 Å². The van der Waals surface area contributed by atoms with Gasteiger partial charge in [0.05, 0.1) is 17.1 Å². The highest BCUT2D eigenvalue weighted by atomic mass is 35.5. The molecule has 0 aliphatic rings. The van der Waals surface area contributed by atoms with Gasteiger partial charge in [-0.2, -0.15) is 5.10 Å². The second kappa shape index (κ2) is 5.40. The van der Waals surface area contributed by atoms with Gasteiger partial charge in [0.25, 0.3) is 0 Å². The van der Waals surface area contributed by atoms with Crippen LogP contribution in [-0.2, 0) is 6.54 Å². The number of pyridine rings is 1. The molecule has 0 aliphatic heterocycles. The van der Waals surface area contributed by atoms with Crippen molar-refractivity contribution in [3.8, 4) is 11.3 Å². The van der Waals surface area contributed by atoms with Crippen LogP contribution in [0.4, 0.5) is 0 Å². The molecule has 20 heavy (non-hydrogen) atoms. The Hall–Kier alpha value is -1.62. The molecule has 0 unspecified atom stereocenters. The maximum atomic E-state index is 6.27. The van der Waals surface area contributed by atoms with Gasteiger partial charge in [0.15, 0.2) is 0 Å². The highest BCUT2D eigenvalue weighted by Gasteiger charge is 2.14. The molecule has 0 spiro atoms. The summed E-state index contributed by atoms with van der Waals surface area (Å²) in [7, 11) is 0. The Morgan fingerprint density at radius 3 is 2.80 bits per heavy atom. The van der Waals surface area contributed by atoms with E-state index in [-0.39, 0.29) is 0 Å². The van der Waals surface area contributed by atoms with Gasteiger partial charge in [0, 0.05) is 34.9 Å². The minimum absolute atomic E-state index is 0.521. The number of aromatic nitrogens is 3. The standard InChI is InChI=1S/C14H12Cl2N4/c15-9-1-2-10(12(16)7-9)14-11-8-18-5-3-13(11)20(19-14)6-4-17/h1-3,5,7-8H,4,6,17H2. The van der Waals surface area contributed by atoms with E-state index in [1.807, 2.05) is 16.8 Å². The lowest BCUT2D eigenvalue weighted by atomic mass is 10.1. The Labute approximate surface area is 126 Å². The fourth-order valence-electron chi connectivity index (χ4n) is 2.20. The average molecular weight is 307 g/mol. The maximum absolute atomic E-state index is 6.27. The molecule has 1 aromatic carbocycles. The largest absolute Gasteiger partial charge is 0.329 e. The second-order valence-corrected chi connectivity index (χ2v) is 5.22. The predicted octanol–water partition coefficient (Wildman–Crippen LogP) is 3.36. The van der Waals surface area contributed by atoms with Gasteiger partial charge in [-0.25, -0.2) is 0 Å². The van der Waals surface area contributed by atoms with Crippen molar-refractivity contribution in [2.24, 2.45) is 5.73 Å². The van der Waals surface area contributed by atoms with Crippen molar-refractivity contribution in [1.82, 2.24) is 14.8 Å². The predicted molar refractivity (Wildman–Crippen MR) is 82.0 cm³/mol. The van der Waals surface area contributed by atoms with Crippen molar-refractivity contribution < 1.29 is 0 Å². The molecular weight excluding hydrogens is 295 g/mol. The van der Waals surface area contributed by atoms with Gasteiger partial charge in [-0.3, -0.25) is 9.67 Å². The molecular formula is C14H12Cl2N4. The molecule has 0 bridgehead atoms. The summed E-state index contributed by atoms with van der Waals surface area (Å²) in [5.74, 6) is 0. The minimum atomic E-state index is 0.521. The highest BCUT2D eigenvalue weighted by Crippen LogP contribution is 2.33. The summed E-state index contributed by atoms with van der Waals surface area (Å²) in [6, 6.07) is 7.30. The van der Waals surface area contributed by atoms with Crippen LogP contribution in [0.1, 0.15) is 0 Å². The van der Waals surface area contributed by atoms with Crippen molar-refractivity contribution in [3.63, 3.8) is 0 Å². The molecule has 0 amide bonds. The van der Waals surface area contributed by atoms with Crippen LogP contribution in [-0.4, -0.2) is 21.3 Å². The Morgan fingerprint density at radius 1 is 1.20 bits per heavy atom. The second-order valence-electron chi connectivity index (χ2n) is 4.38. The molecule has 4 nitrogen and oxygen atoms in total. The summed E-state index contributed by atoms with van der Waals surface area (Å²) in [5.41, 5.74) is 8.25. The van der Waals surface area contributed by atoms with Crippen LogP contribution in [0.5, 0.6) is 0 Å². The molecule has 102 valence electrons. The molecule has 0 saturated heterocycles. The van der Waals surface area contributed by atoms with Gasteiger partial charge < -0.3 is 5.73 Å². The zero-order chi connectivity index (χ0) is 14.1. The number of nitrogens with two attached hydrogens (primary N) is 1. The van der Waals surface area contributed by atoms with E-state index in [1.165, 1.54) is 0 Å². The number of rotatable bonds is 3. The van der Waals surface area contributed by atoms with Crippen LogP contribution >= 0.6 is 23.2 Å². The fraction of sp³-hybridized carbons (Fsp3) is 0.143. The quantitative estimate of drug-likeness (QED) is 0.807. The first-order chi connectivity index (χ1) is 9.70. The summed E-state index contributed by atoms with van der Waals surface area (Å²) in [6.45, 7) is 1.17. The summed E-state index contributed by atoms with van der Waals surface area (Å²) in [6.07, 6.45) is 3.53. The first kappa shape index (κ1) is 13.4. The number of fused-ring (bicyclic) bond motifs is 1. The molecule has 3 rings (SSSR count). The fourth-order valence-corrected chi connectivity index (χ4v) is 2.69. The number of halogens is 2. The van der Waals surface area contributed by atoms with E-state index in [0.717, 1.165) is 22.2 Å². The van der Waals surface area contributed by atoms with E-state index in [9.17, 15) is 0 Å². The van der Waals surface area contributed by atoms with E-state index < -0.39 is 0 Å². The third kappa shape index (κ3) is 2.26. The number of hydrogen-bond donors (Lipinski definition) is 1. The molecule has 2 aromatic heterocycles.